The lowest BCUT2D eigenvalue weighted by atomic mass is 10.2. The van der Waals surface area contributed by atoms with Gasteiger partial charge in [-0.1, -0.05) is 26.2 Å². The van der Waals surface area contributed by atoms with Gasteiger partial charge in [0.15, 0.2) is 0 Å². The normalized spacial score (nSPS) is 9.93. The maximum atomic E-state index is 3.98. The van der Waals surface area contributed by atoms with Gasteiger partial charge in [0, 0.05) is 24.9 Å². The van der Waals surface area contributed by atoms with Gasteiger partial charge >= 0.3 is 0 Å². The van der Waals surface area contributed by atoms with Gasteiger partial charge in [-0.2, -0.15) is 0 Å². The highest BCUT2D eigenvalue weighted by atomic mass is 35.5. The van der Waals surface area contributed by atoms with Crippen LogP contribution < -0.4 is 5.32 Å². The number of aromatic nitrogens is 2. The molecular weight excluding hydrogens is 210 g/mol. The van der Waals surface area contributed by atoms with Crippen LogP contribution in [0.2, 0.25) is 0 Å². The van der Waals surface area contributed by atoms with E-state index in [1.165, 1.54) is 31.4 Å². The molecule has 4 heteroatoms. The van der Waals surface area contributed by atoms with Crippen molar-refractivity contribution in [1.29, 1.82) is 0 Å². The van der Waals surface area contributed by atoms with Crippen LogP contribution in [0, 0.1) is 0 Å². The average Bonchev–Trinajstić information content (AvgIpc) is 2.69. The van der Waals surface area contributed by atoms with Gasteiger partial charge in [0.1, 0.15) is 0 Å². The number of hydrogen-bond donors (Lipinski definition) is 2. The standard InChI is InChI=1S/C11H21N3.ClH/c1-2-3-4-5-7-12-8-6-11-9-13-10-14-11;/h9-10,12H,2-8H2,1H3,(H,13,14);1H. The zero-order chi connectivity index (χ0) is 10.1. The molecule has 88 valence electrons. The SMILES string of the molecule is CCCCCCNCCc1cnc[nH]1.Cl. The molecule has 0 radical (unpaired) electrons. The van der Waals surface area contributed by atoms with Crippen LogP contribution in [0.15, 0.2) is 12.5 Å². The molecule has 0 aromatic carbocycles. The summed E-state index contributed by atoms with van der Waals surface area (Å²) in [5.41, 5.74) is 1.21. The fourth-order valence-electron chi connectivity index (χ4n) is 1.45. The van der Waals surface area contributed by atoms with Gasteiger partial charge in [-0.15, -0.1) is 12.4 Å². The summed E-state index contributed by atoms with van der Waals surface area (Å²) < 4.78 is 0. The van der Waals surface area contributed by atoms with Crippen LogP contribution in [0.25, 0.3) is 0 Å². The van der Waals surface area contributed by atoms with E-state index in [9.17, 15) is 0 Å². The number of aromatic amines is 1. The van der Waals surface area contributed by atoms with Gasteiger partial charge in [-0.3, -0.25) is 0 Å². The van der Waals surface area contributed by atoms with Gasteiger partial charge in [-0.25, -0.2) is 4.98 Å². The van der Waals surface area contributed by atoms with Crippen molar-refractivity contribution in [2.45, 2.75) is 39.0 Å². The van der Waals surface area contributed by atoms with Crippen molar-refractivity contribution >= 4 is 12.4 Å². The molecule has 0 aliphatic heterocycles. The molecular formula is C11H22ClN3. The molecule has 0 atom stereocenters. The van der Waals surface area contributed by atoms with E-state index >= 15 is 0 Å². The Balaban J connectivity index is 0.00000196. The number of hydrogen-bond acceptors (Lipinski definition) is 2. The Morgan fingerprint density at radius 3 is 2.80 bits per heavy atom. The zero-order valence-corrected chi connectivity index (χ0v) is 10.3. The highest BCUT2D eigenvalue weighted by molar-refractivity contribution is 5.85. The summed E-state index contributed by atoms with van der Waals surface area (Å²) in [6, 6.07) is 0. The molecule has 0 aliphatic carbocycles. The van der Waals surface area contributed by atoms with Crippen LogP contribution in [0.4, 0.5) is 0 Å². The molecule has 2 N–H and O–H groups in total. The third kappa shape index (κ3) is 7.40. The van der Waals surface area contributed by atoms with Crippen LogP contribution in [0.3, 0.4) is 0 Å². The average molecular weight is 232 g/mol. The summed E-state index contributed by atoms with van der Waals surface area (Å²) >= 11 is 0. The first kappa shape index (κ1) is 14.5. The Kier molecular flexibility index (Phi) is 9.63. The molecule has 1 aromatic rings. The summed E-state index contributed by atoms with van der Waals surface area (Å²) in [7, 11) is 0. The molecule has 15 heavy (non-hydrogen) atoms. The Labute approximate surface area is 98.5 Å². The monoisotopic (exact) mass is 231 g/mol. The Hall–Kier alpha value is -0.540. The molecule has 0 saturated heterocycles. The van der Waals surface area contributed by atoms with E-state index < -0.39 is 0 Å². The number of rotatable bonds is 8. The lowest BCUT2D eigenvalue weighted by Crippen LogP contribution is -2.18. The third-order valence-electron chi connectivity index (χ3n) is 2.33. The molecule has 0 bridgehead atoms. The minimum atomic E-state index is 0. The first-order chi connectivity index (χ1) is 6.93. The molecule has 1 aromatic heterocycles. The minimum absolute atomic E-state index is 0. The smallest absolute Gasteiger partial charge is 0.0921 e. The fourth-order valence-corrected chi connectivity index (χ4v) is 1.45. The van der Waals surface area contributed by atoms with Crippen LogP contribution in [0.5, 0.6) is 0 Å². The van der Waals surface area contributed by atoms with Gasteiger partial charge in [0.05, 0.1) is 6.33 Å². The summed E-state index contributed by atoms with van der Waals surface area (Å²) in [6.45, 7) is 4.44. The van der Waals surface area contributed by atoms with Crippen molar-refractivity contribution in [1.82, 2.24) is 15.3 Å². The minimum Gasteiger partial charge on any atom is -0.348 e. The van der Waals surface area contributed by atoms with Crippen molar-refractivity contribution in [2.24, 2.45) is 0 Å². The van der Waals surface area contributed by atoms with E-state index in [0.29, 0.717) is 0 Å². The maximum Gasteiger partial charge on any atom is 0.0921 e. The topological polar surface area (TPSA) is 40.7 Å². The number of H-pyrrole nitrogens is 1. The Bertz CT molecular complexity index is 212. The predicted octanol–water partition coefficient (Wildman–Crippen LogP) is 2.54. The molecule has 1 heterocycles. The van der Waals surface area contributed by atoms with Crippen LogP contribution in [0.1, 0.15) is 38.3 Å². The Morgan fingerprint density at radius 2 is 2.13 bits per heavy atom. The molecule has 0 aliphatic rings. The third-order valence-corrected chi connectivity index (χ3v) is 2.33. The van der Waals surface area contributed by atoms with E-state index in [2.05, 4.69) is 22.2 Å². The maximum absolute atomic E-state index is 3.98. The second-order valence-electron chi connectivity index (χ2n) is 3.64. The predicted molar refractivity (Wildman–Crippen MR) is 66.6 cm³/mol. The quantitative estimate of drug-likeness (QED) is 0.676. The summed E-state index contributed by atoms with van der Waals surface area (Å²) in [6.07, 6.45) is 10.0. The molecule has 0 amide bonds. The van der Waals surface area contributed by atoms with E-state index in [0.717, 1.165) is 19.5 Å². The largest absolute Gasteiger partial charge is 0.348 e. The van der Waals surface area contributed by atoms with Gasteiger partial charge in [0.25, 0.3) is 0 Å². The van der Waals surface area contributed by atoms with Crippen molar-refractivity contribution in [3.8, 4) is 0 Å². The first-order valence-electron chi connectivity index (χ1n) is 5.61. The molecule has 0 fully saturated rings. The van der Waals surface area contributed by atoms with Crippen molar-refractivity contribution in [3.05, 3.63) is 18.2 Å². The van der Waals surface area contributed by atoms with Gasteiger partial charge in [0.2, 0.25) is 0 Å². The summed E-state index contributed by atoms with van der Waals surface area (Å²) in [5.74, 6) is 0. The second-order valence-corrected chi connectivity index (χ2v) is 3.64. The van der Waals surface area contributed by atoms with Crippen molar-refractivity contribution in [3.63, 3.8) is 0 Å². The Morgan fingerprint density at radius 1 is 1.27 bits per heavy atom. The number of nitrogens with one attached hydrogen (secondary N) is 2. The molecule has 0 saturated carbocycles. The lowest BCUT2D eigenvalue weighted by molar-refractivity contribution is 0.597. The van der Waals surface area contributed by atoms with Crippen molar-refractivity contribution in [2.75, 3.05) is 13.1 Å². The van der Waals surface area contributed by atoms with Crippen molar-refractivity contribution < 1.29 is 0 Å². The highest BCUT2D eigenvalue weighted by Gasteiger charge is 1.92. The lowest BCUT2D eigenvalue weighted by Gasteiger charge is -2.02. The van der Waals surface area contributed by atoms with E-state index in [4.69, 9.17) is 0 Å². The first-order valence-corrected chi connectivity index (χ1v) is 5.61. The summed E-state index contributed by atoms with van der Waals surface area (Å²) in [4.78, 5) is 7.08. The van der Waals surface area contributed by atoms with Crippen LogP contribution >= 0.6 is 12.4 Å². The van der Waals surface area contributed by atoms with Gasteiger partial charge < -0.3 is 10.3 Å². The van der Waals surface area contributed by atoms with Crippen LogP contribution in [-0.4, -0.2) is 23.1 Å². The summed E-state index contributed by atoms with van der Waals surface area (Å²) in [5, 5.41) is 3.43. The number of halogens is 1. The van der Waals surface area contributed by atoms with Crippen LogP contribution in [-0.2, 0) is 6.42 Å². The number of imidazole rings is 1. The second kappa shape index (κ2) is 9.99. The molecule has 0 spiro atoms. The molecule has 3 nitrogen and oxygen atoms in total. The highest BCUT2D eigenvalue weighted by Crippen LogP contribution is 1.97. The number of unbranched alkanes of at least 4 members (excludes halogenated alkanes) is 3. The van der Waals surface area contributed by atoms with Gasteiger partial charge in [-0.05, 0) is 13.0 Å². The van der Waals surface area contributed by atoms with E-state index in [-0.39, 0.29) is 12.4 Å². The molecule has 1 rings (SSSR count). The van der Waals surface area contributed by atoms with E-state index in [1.807, 2.05) is 6.20 Å². The zero-order valence-electron chi connectivity index (χ0n) is 9.46. The molecule has 0 unspecified atom stereocenters. The number of nitrogens with zero attached hydrogens (tertiary/aromatic N) is 1. The van der Waals surface area contributed by atoms with E-state index in [1.54, 1.807) is 6.33 Å². The fraction of sp³-hybridized carbons (Fsp3) is 0.727.